The molecule has 1 aliphatic rings. The van der Waals surface area contributed by atoms with Crippen LogP contribution in [0.4, 0.5) is 0 Å². The molecule has 56 heavy (non-hydrogen) atoms. The highest BCUT2D eigenvalue weighted by atomic mass is 16.4. The van der Waals surface area contributed by atoms with Crippen LogP contribution in [0.3, 0.4) is 0 Å². The lowest BCUT2D eigenvalue weighted by atomic mass is 9.76. The molecule has 6 amide bonds. The SMILES string of the molecule is CN[C@H](C(=O)NC(C(=O)N(C)[C@H](/C=C(\C)C(=O)N[C@@H](CCC(=O)NCCN1C(=O)C=CC1=O)C(=O)O)C(C)C)C(C)(C)C)C(C)(C)c1cn(C)c2ccccc12. The zero-order valence-corrected chi connectivity index (χ0v) is 34.5. The molecule has 0 aliphatic carbocycles. The molecule has 1 aliphatic heterocycles. The van der Waals surface area contributed by atoms with Crippen LogP contribution in [-0.4, -0.2) is 112 Å². The summed E-state index contributed by atoms with van der Waals surface area (Å²) in [6.07, 6.45) is 5.45. The van der Waals surface area contributed by atoms with Crippen molar-refractivity contribution in [3.63, 3.8) is 0 Å². The van der Waals surface area contributed by atoms with Crippen molar-refractivity contribution < 1.29 is 38.7 Å². The zero-order chi connectivity index (χ0) is 42.3. The number of aryl methyl sites for hydroxylation is 1. The van der Waals surface area contributed by atoms with Crippen LogP contribution in [-0.2, 0) is 46.0 Å². The highest BCUT2D eigenvalue weighted by Gasteiger charge is 2.42. The maximum absolute atomic E-state index is 14.3. The fraction of sp³-hybridized carbons (Fsp3) is 0.537. The minimum atomic E-state index is -1.39. The van der Waals surface area contributed by atoms with E-state index in [9.17, 15) is 38.7 Å². The number of amides is 6. The first-order valence-electron chi connectivity index (χ1n) is 18.8. The van der Waals surface area contributed by atoms with Gasteiger partial charge in [0, 0.05) is 73.8 Å². The first-order valence-corrected chi connectivity index (χ1v) is 18.8. The number of rotatable bonds is 18. The summed E-state index contributed by atoms with van der Waals surface area (Å²) in [5.74, 6) is -4.38. The van der Waals surface area contributed by atoms with E-state index in [0.717, 1.165) is 33.5 Å². The van der Waals surface area contributed by atoms with Gasteiger partial charge in [-0.25, -0.2) is 4.79 Å². The molecule has 0 saturated carbocycles. The summed E-state index contributed by atoms with van der Waals surface area (Å²) in [7, 11) is 5.29. The number of carboxylic acid groups (broad SMARTS) is 1. The Labute approximate surface area is 329 Å². The third-order valence-corrected chi connectivity index (χ3v) is 10.3. The molecule has 0 saturated heterocycles. The molecule has 15 nitrogen and oxygen atoms in total. The van der Waals surface area contributed by atoms with Crippen LogP contribution in [0.15, 0.2) is 54.3 Å². The fourth-order valence-electron chi connectivity index (χ4n) is 6.99. The van der Waals surface area contributed by atoms with Crippen molar-refractivity contribution in [1.29, 1.82) is 0 Å². The minimum Gasteiger partial charge on any atom is -0.480 e. The van der Waals surface area contributed by atoms with Crippen LogP contribution >= 0.6 is 0 Å². The maximum atomic E-state index is 14.3. The molecule has 1 aromatic heterocycles. The Morgan fingerprint density at radius 2 is 1.55 bits per heavy atom. The van der Waals surface area contributed by atoms with E-state index in [1.54, 1.807) is 20.2 Å². The van der Waals surface area contributed by atoms with Gasteiger partial charge in [-0.15, -0.1) is 0 Å². The van der Waals surface area contributed by atoms with Crippen LogP contribution in [0.2, 0.25) is 0 Å². The normalized spacial score (nSPS) is 15.8. The zero-order valence-electron chi connectivity index (χ0n) is 34.5. The van der Waals surface area contributed by atoms with Gasteiger partial charge in [-0.05, 0) is 43.4 Å². The molecule has 0 bridgehead atoms. The van der Waals surface area contributed by atoms with Crippen molar-refractivity contribution in [2.75, 3.05) is 27.2 Å². The number of hydrogen-bond acceptors (Lipinski definition) is 8. The van der Waals surface area contributed by atoms with Crippen molar-refractivity contribution in [3.8, 4) is 0 Å². The van der Waals surface area contributed by atoms with E-state index in [0.29, 0.717) is 0 Å². The molecule has 1 aromatic carbocycles. The largest absolute Gasteiger partial charge is 0.480 e. The lowest BCUT2D eigenvalue weighted by molar-refractivity contribution is -0.142. The number of carboxylic acids is 1. The summed E-state index contributed by atoms with van der Waals surface area (Å²) in [4.78, 5) is 92.0. The molecule has 0 spiro atoms. The lowest BCUT2D eigenvalue weighted by Gasteiger charge is -2.39. The van der Waals surface area contributed by atoms with E-state index in [2.05, 4.69) is 21.3 Å². The van der Waals surface area contributed by atoms with Crippen molar-refractivity contribution in [2.24, 2.45) is 18.4 Å². The summed E-state index contributed by atoms with van der Waals surface area (Å²) in [6.45, 7) is 14.8. The average molecular weight is 778 g/mol. The Bertz CT molecular complexity index is 1870. The van der Waals surface area contributed by atoms with Crippen molar-refractivity contribution in [1.82, 2.24) is 35.6 Å². The Morgan fingerprint density at radius 1 is 0.946 bits per heavy atom. The van der Waals surface area contributed by atoms with Gasteiger partial charge in [0.05, 0.1) is 12.1 Å². The number of aromatic nitrogens is 1. The summed E-state index contributed by atoms with van der Waals surface area (Å²) in [5, 5.41) is 22.1. The predicted octanol–water partition coefficient (Wildman–Crippen LogP) is 2.39. The lowest BCUT2D eigenvalue weighted by Crippen LogP contribution is -2.61. The number of fused-ring (bicyclic) bond motifs is 1. The fourth-order valence-corrected chi connectivity index (χ4v) is 6.99. The van der Waals surface area contributed by atoms with Gasteiger partial charge in [0.25, 0.3) is 11.8 Å². The summed E-state index contributed by atoms with van der Waals surface area (Å²) in [5.41, 5.74) is 0.793. The van der Waals surface area contributed by atoms with Gasteiger partial charge in [-0.3, -0.25) is 33.7 Å². The standard InChI is InChI=1S/C41H59N7O8/c1-24(2)30(22-25(3)36(52)44-28(39(55)56)16-17-31(49)43-20-21-48-32(50)18-19-33(48)51)47(11)38(54)35(40(4,5)6)45-37(53)34(42-9)41(7,8)27-23-46(10)29-15-13-12-14-26(27)29/h12-15,18-19,22-24,28,30,34-35,42H,16-17,20-21H2,1-11H3,(H,43,49)(H,44,52)(H,45,53)(H,55,56)/b25-22+/t28-,30+,34+,35?/m0/s1. The molecule has 2 aromatic rings. The molecule has 5 N–H and O–H groups in total. The van der Waals surface area contributed by atoms with Crippen LogP contribution < -0.4 is 21.3 Å². The van der Waals surface area contributed by atoms with Gasteiger partial charge in [-0.2, -0.15) is 0 Å². The van der Waals surface area contributed by atoms with E-state index >= 15 is 0 Å². The first-order chi connectivity index (χ1) is 26.0. The Hall–Kier alpha value is -5.31. The van der Waals surface area contributed by atoms with Gasteiger partial charge in [0.2, 0.25) is 23.6 Å². The topological polar surface area (TPSA) is 199 Å². The van der Waals surface area contributed by atoms with E-state index < -0.39 is 64.6 Å². The molecule has 0 fully saturated rings. The number of carbonyl (C=O) groups is 7. The second kappa shape index (κ2) is 18.5. The van der Waals surface area contributed by atoms with Gasteiger partial charge >= 0.3 is 5.97 Å². The van der Waals surface area contributed by atoms with E-state index in [-0.39, 0.29) is 49.2 Å². The second-order valence-electron chi connectivity index (χ2n) is 16.4. The highest BCUT2D eigenvalue weighted by Crippen LogP contribution is 2.35. The Kier molecular flexibility index (Phi) is 14.9. The molecule has 1 unspecified atom stereocenters. The Balaban J connectivity index is 1.72. The number of likely N-dealkylation sites (N-methyl/N-ethyl adjacent to an activating group) is 2. The molecular weight excluding hydrogens is 718 g/mol. The van der Waals surface area contributed by atoms with E-state index in [4.69, 9.17) is 0 Å². The van der Waals surface area contributed by atoms with Crippen LogP contribution in [0, 0.1) is 11.3 Å². The summed E-state index contributed by atoms with van der Waals surface area (Å²) < 4.78 is 2.03. The molecule has 306 valence electrons. The van der Waals surface area contributed by atoms with Crippen molar-refractivity contribution in [2.45, 2.75) is 97.8 Å². The number of aliphatic carboxylic acids is 1. The van der Waals surface area contributed by atoms with E-state index in [1.807, 2.05) is 90.5 Å². The molecule has 3 rings (SSSR count). The number of carbonyl (C=O) groups excluding carboxylic acids is 6. The summed E-state index contributed by atoms with van der Waals surface area (Å²) >= 11 is 0. The quantitative estimate of drug-likeness (QED) is 0.111. The van der Waals surface area contributed by atoms with Crippen LogP contribution in [0.1, 0.15) is 73.8 Å². The molecule has 0 radical (unpaired) electrons. The van der Waals surface area contributed by atoms with Crippen LogP contribution in [0.25, 0.3) is 10.9 Å². The van der Waals surface area contributed by atoms with Crippen LogP contribution in [0.5, 0.6) is 0 Å². The molecule has 2 heterocycles. The van der Waals surface area contributed by atoms with Crippen molar-refractivity contribution in [3.05, 3.63) is 59.8 Å². The first kappa shape index (κ1) is 45.1. The maximum Gasteiger partial charge on any atom is 0.326 e. The highest BCUT2D eigenvalue weighted by molar-refractivity contribution is 6.12. The number of nitrogens with one attached hydrogen (secondary N) is 4. The smallest absolute Gasteiger partial charge is 0.326 e. The Morgan fingerprint density at radius 3 is 2.11 bits per heavy atom. The summed E-state index contributed by atoms with van der Waals surface area (Å²) in [6, 6.07) is 4.33. The molecule has 15 heteroatoms. The number of para-hydroxylation sites is 1. The van der Waals surface area contributed by atoms with E-state index in [1.165, 1.54) is 11.8 Å². The average Bonchev–Trinajstić information content (AvgIpc) is 3.63. The van der Waals surface area contributed by atoms with Gasteiger partial charge < -0.3 is 35.8 Å². The minimum absolute atomic E-state index is 0.00825. The number of imide groups is 1. The number of nitrogens with zero attached hydrogens (tertiary/aromatic N) is 3. The molecular formula is C41H59N7O8. The molecule has 4 atom stereocenters. The third kappa shape index (κ3) is 10.7. The monoisotopic (exact) mass is 777 g/mol. The number of hydrogen-bond donors (Lipinski definition) is 5. The van der Waals surface area contributed by atoms with Gasteiger partial charge in [0.1, 0.15) is 12.1 Å². The third-order valence-electron chi connectivity index (χ3n) is 10.3. The number of benzene rings is 1. The second-order valence-corrected chi connectivity index (χ2v) is 16.4. The van der Waals surface area contributed by atoms with Crippen molar-refractivity contribution >= 4 is 52.3 Å². The predicted molar refractivity (Wildman–Crippen MR) is 213 cm³/mol. The van der Waals surface area contributed by atoms with Gasteiger partial charge in [0.15, 0.2) is 0 Å². The van der Waals surface area contributed by atoms with Gasteiger partial charge in [-0.1, -0.05) is 72.7 Å².